The minimum absolute atomic E-state index is 0.0277. The highest BCUT2D eigenvalue weighted by Gasteiger charge is 2.23. The van der Waals surface area contributed by atoms with E-state index in [0.29, 0.717) is 32.2 Å². The topological polar surface area (TPSA) is 128 Å². The Hall–Kier alpha value is -1.67. The number of aliphatic hydroxyl groups is 2. The predicted molar refractivity (Wildman–Crippen MR) is 85.5 cm³/mol. The summed E-state index contributed by atoms with van der Waals surface area (Å²) in [5.74, 6) is -0.808. The maximum Gasteiger partial charge on any atom is 0.251 e. The summed E-state index contributed by atoms with van der Waals surface area (Å²) >= 11 is 0. The molecule has 0 saturated heterocycles. The molecular weight excluding hydrogens is 302 g/mol. The van der Waals surface area contributed by atoms with Crippen LogP contribution in [0.1, 0.15) is 46.0 Å². The molecule has 8 nitrogen and oxygen atoms in total. The first-order valence-corrected chi connectivity index (χ1v) is 8.09. The van der Waals surface area contributed by atoms with Crippen LogP contribution in [0, 0.1) is 0 Å². The molecule has 0 aromatic rings. The largest absolute Gasteiger partial charge is 0.390 e. The number of rotatable bonds is 12. The monoisotopic (exact) mass is 331 g/mol. The summed E-state index contributed by atoms with van der Waals surface area (Å²) in [6.45, 7) is 4.47. The third kappa shape index (κ3) is 10.6. The van der Waals surface area contributed by atoms with Crippen LogP contribution < -0.4 is 16.0 Å². The van der Waals surface area contributed by atoms with Crippen molar-refractivity contribution in [2.45, 2.75) is 58.2 Å². The molecule has 23 heavy (non-hydrogen) atoms. The quantitative estimate of drug-likeness (QED) is 0.295. The highest BCUT2D eigenvalue weighted by atomic mass is 16.3. The van der Waals surface area contributed by atoms with Gasteiger partial charge in [0.25, 0.3) is 5.91 Å². The van der Waals surface area contributed by atoms with Crippen molar-refractivity contribution in [3.63, 3.8) is 0 Å². The number of unbranched alkanes of at least 4 members (excludes halogenated alkanes) is 1. The molecule has 5 N–H and O–H groups in total. The van der Waals surface area contributed by atoms with Gasteiger partial charge in [-0.2, -0.15) is 0 Å². The van der Waals surface area contributed by atoms with Crippen LogP contribution in [-0.4, -0.2) is 59.8 Å². The Morgan fingerprint density at radius 2 is 1.35 bits per heavy atom. The molecule has 0 bridgehead atoms. The number of nitrogens with one attached hydrogen (secondary N) is 3. The van der Waals surface area contributed by atoms with Crippen molar-refractivity contribution in [3.05, 3.63) is 0 Å². The van der Waals surface area contributed by atoms with E-state index in [-0.39, 0.29) is 31.3 Å². The van der Waals surface area contributed by atoms with E-state index in [2.05, 4.69) is 16.0 Å². The van der Waals surface area contributed by atoms with Crippen LogP contribution in [0.3, 0.4) is 0 Å². The highest BCUT2D eigenvalue weighted by Crippen LogP contribution is 2.05. The lowest BCUT2D eigenvalue weighted by atomic mass is 10.1. The Balaban J connectivity index is 3.77. The van der Waals surface area contributed by atoms with Crippen molar-refractivity contribution in [2.24, 2.45) is 0 Å². The SMILES string of the molecule is CCC(=O)NCCCCC(O)C(O)C(=O)NCCNC(=O)CC. The lowest BCUT2D eigenvalue weighted by molar-refractivity contribution is -0.135. The maximum absolute atomic E-state index is 11.6. The standard InChI is InChI=1S/C15H29N3O5/c1-3-12(20)16-8-6-5-7-11(19)14(22)15(23)18-10-9-17-13(21)4-2/h11,14,19,22H,3-10H2,1-2H3,(H,16,20)(H,17,21)(H,18,23). The smallest absolute Gasteiger partial charge is 0.251 e. The zero-order valence-corrected chi connectivity index (χ0v) is 13.9. The van der Waals surface area contributed by atoms with Crippen molar-refractivity contribution in [1.82, 2.24) is 16.0 Å². The summed E-state index contributed by atoms with van der Waals surface area (Å²) < 4.78 is 0. The van der Waals surface area contributed by atoms with Crippen LogP contribution in [0.2, 0.25) is 0 Å². The Labute approximate surface area is 137 Å². The predicted octanol–water partition coefficient (Wildman–Crippen LogP) is -0.953. The fourth-order valence-electron chi connectivity index (χ4n) is 1.78. The Morgan fingerprint density at radius 1 is 0.826 bits per heavy atom. The van der Waals surface area contributed by atoms with Gasteiger partial charge in [-0.05, 0) is 19.3 Å². The van der Waals surface area contributed by atoms with Crippen LogP contribution >= 0.6 is 0 Å². The molecule has 0 saturated carbocycles. The van der Waals surface area contributed by atoms with Gasteiger partial charge < -0.3 is 26.2 Å². The first-order chi connectivity index (χ1) is 10.9. The van der Waals surface area contributed by atoms with Gasteiger partial charge in [-0.25, -0.2) is 0 Å². The molecule has 0 aromatic heterocycles. The van der Waals surface area contributed by atoms with Gasteiger partial charge in [0, 0.05) is 32.5 Å². The molecule has 0 aliphatic rings. The first kappa shape index (κ1) is 21.3. The summed E-state index contributed by atoms with van der Waals surface area (Å²) in [6, 6.07) is 0. The summed E-state index contributed by atoms with van der Waals surface area (Å²) in [7, 11) is 0. The summed E-state index contributed by atoms with van der Waals surface area (Å²) in [5.41, 5.74) is 0. The summed E-state index contributed by atoms with van der Waals surface area (Å²) in [5, 5.41) is 27.2. The van der Waals surface area contributed by atoms with Crippen molar-refractivity contribution in [3.8, 4) is 0 Å². The van der Waals surface area contributed by atoms with Crippen LogP contribution in [0.15, 0.2) is 0 Å². The molecule has 0 heterocycles. The zero-order valence-electron chi connectivity index (χ0n) is 13.9. The van der Waals surface area contributed by atoms with Crippen LogP contribution in [0.25, 0.3) is 0 Å². The van der Waals surface area contributed by atoms with Crippen LogP contribution in [0.5, 0.6) is 0 Å². The lowest BCUT2D eigenvalue weighted by Gasteiger charge is -2.17. The minimum atomic E-state index is -1.50. The van der Waals surface area contributed by atoms with Gasteiger partial charge in [-0.3, -0.25) is 14.4 Å². The Bertz CT molecular complexity index is 376. The molecule has 0 rings (SSSR count). The van der Waals surface area contributed by atoms with Gasteiger partial charge in [0.15, 0.2) is 6.10 Å². The second-order valence-electron chi connectivity index (χ2n) is 5.21. The van der Waals surface area contributed by atoms with E-state index >= 15 is 0 Å². The molecule has 0 radical (unpaired) electrons. The normalized spacial score (nSPS) is 13.0. The zero-order chi connectivity index (χ0) is 17.7. The number of hydrogen-bond acceptors (Lipinski definition) is 5. The van der Waals surface area contributed by atoms with Gasteiger partial charge in [-0.15, -0.1) is 0 Å². The minimum Gasteiger partial charge on any atom is -0.390 e. The van der Waals surface area contributed by atoms with E-state index in [1.165, 1.54) is 0 Å². The Kier molecular flexibility index (Phi) is 11.9. The fourth-order valence-corrected chi connectivity index (χ4v) is 1.78. The average molecular weight is 331 g/mol. The lowest BCUT2D eigenvalue weighted by Crippen LogP contribution is -2.44. The van der Waals surface area contributed by atoms with Gasteiger partial charge in [0.1, 0.15) is 0 Å². The number of carbonyl (C=O) groups excluding carboxylic acids is 3. The third-order valence-electron chi connectivity index (χ3n) is 3.27. The molecule has 0 fully saturated rings. The van der Waals surface area contributed by atoms with E-state index in [4.69, 9.17) is 0 Å². The van der Waals surface area contributed by atoms with E-state index in [9.17, 15) is 24.6 Å². The molecule has 2 atom stereocenters. The molecule has 0 aliphatic carbocycles. The van der Waals surface area contributed by atoms with Gasteiger partial charge in [0.2, 0.25) is 11.8 Å². The van der Waals surface area contributed by atoms with E-state index < -0.39 is 18.1 Å². The molecule has 2 unspecified atom stereocenters. The molecule has 0 aliphatic heterocycles. The fraction of sp³-hybridized carbons (Fsp3) is 0.800. The van der Waals surface area contributed by atoms with Gasteiger partial charge >= 0.3 is 0 Å². The molecular formula is C15H29N3O5. The van der Waals surface area contributed by atoms with Gasteiger partial charge in [-0.1, -0.05) is 13.8 Å². The maximum atomic E-state index is 11.6. The number of carbonyl (C=O) groups is 3. The van der Waals surface area contributed by atoms with Gasteiger partial charge in [0.05, 0.1) is 6.10 Å². The van der Waals surface area contributed by atoms with E-state index in [1.807, 2.05) is 0 Å². The first-order valence-electron chi connectivity index (χ1n) is 8.09. The Morgan fingerprint density at radius 3 is 1.91 bits per heavy atom. The highest BCUT2D eigenvalue weighted by molar-refractivity contribution is 5.81. The molecule has 0 aromatic carbocycles. The van der Waals surface area contributed by atoms with Crippen molar-refractivity contribution in [2.75, 3.05) is 19.6 Å². The van der Waals surface area contributed by atoms with Crippen molar-refractivity contribution >= 4 is 17.7 Å². The van der Waals surface area contributed by atoms with E-state index in [1.54, 1.807) is 13.8 Å². The summed E-state index contributed by atoms with van der Waals surface area (Å²) in [6.07, 6.45) is -0.330. The number of amides is 3. The second kappa shape index (κ2) is 12.8. The van der Waals surface area contributed by atoms with Crippen molar-refractivity contribution < 1.29 is 24.6 Å². The molecule has 3 amide bonds. The third-order valence-corrected chi connectivity index (χ3v) is 3.27. The van der Waals surface area contributed by atoms with Crippen LogP contribution in [-0.2, 0) is 14.4 Å². The average Bonchev–Trinajstić information content (AvgIpc) is 2.56. The molecule has 0 spiro atoms. The molecule has 8 heteroatoms. The number of hydrogen-bond donors (Lipinski definition) is 5. The van der Waals surface area contributed by atoms with Crippen molar-refractivity contribution in [1.29, 1.82) is 0 Å². The van der Waals surface area contributed by atoms with E-state index in [0.717, 1.165) is 0 Å². The number of aliphatic hydroxyl groups excluding tert-OH is 2. The molecule has 134 valence electrons. The summed E-state index contributed by atoms with van der Waals surface area (Å²) in [4.78, 5) is 33.6. The van der Waals surface area contributed by atoms with Crippen LogP contribution in [0.4, 0.5) is 0 Å². The second-order valence-corrected chi connectivity index (χ2v) is 5.21.